The Kier molecular flexibility index (Phi) is 4.16. The zero-order chi connectivity index (χ0) is 16.6. The maximum Gasteiger partial charge on any atom is -0.000706 e. The fourth-order valence-electron chi connectivity index (χ4n) is 4.00. The molecule has 0 radical (unpaired) electrons. The molecule has 0 amide bonds. The standard InChI is InChI=1S/C25H18.H3N/c1-3-9-18(10-4-1)22-15-16-23-21-14-8-7-13-20(21)17-24(23)25(22)19-11-5-2-6-12-19;/h1-16H,17H2;1H3. The zero-order valence-electron chi connectivity index (χ0n) is 14.7. The van der Waals surface area contributed by atoms with Crippen molar-refractivity contribution >= 4 is 0 Å². The highest BCUT2D eigenvalue weighted by Crippen LogP contribution is 2.45. The Balaban J connectivity index is 0.00000168. The van der Waals surface area contributed by atoms with Gasteiger partial charge in [-0.05, 0) is 50.9 Å². The molecule has 1 heteroatoms. The van der Waals surface area contributed by atoms with Gasteiger partial charge >= 0.3 is 0 Å². The van der Waals surface area contributed by atoms with Gasteiger partial charge in [-0.15, -0.1) is 0 Å². The Morgan fingerprint density at radius 1 is 0.462 bits per heavy atom. The van der Waals surface area contributed by atoms with Gasteiger partial charge in [0.05, 0.1) is 0 Å². The largest absolute Gasteiger partial charge is 0.344 e. The quantitative estimate of drug-likeness (QED) is 0.380. The van der Waals surface area contributed by atoms with Crippen molar-refractivity contribution in [1.82, 2.24) is 6.15 Å². The predicted octanol–water partition coefficient (Wildman–Crippen LogP) is 6.75. The molecule has 0 bridgehead atoms. The second-order valence-corrected chi connectivity index (χ2v) is 6.58. The summed E-state index contributed by atoms with van der Waals surface area (Å²) < 4.78 is 0. The number of hydrogen-bond donors (Lipinski definition) is 1. The van der Waals surface area contributed by atoms with E-state index in [-0.39, 0.29) is 6.15 Å². The second-order valence-electron chi connectivity index (χ2n) is 6.58. The summed E-state index contributed by atoms with van der Waals surface area (Å²) in [5, 5.41) is 0. The Labute approximate surface area is 154 Å². The van der Waals surface area contributed by atoms with Gasteiger partial charge < -0.3 is 6.15 Å². The molecule has 26 heavy (non-hydrogen) atoms. The highest BCUT2D eigenvalue weighted by atomic mass is 14.3. The van der Waals surface area contributed by atoms with Crippen molar-refractivity contribution in [2.24, 2.45) is 0 Å². The molecule has 3 N–H and O–H groups in total. The summed E-state index contributed by atoms with van der Waals surface area (Å²) in [5.74, 6) is 0. The number of benzene rings is 4. The maximum absolute atomic E-state index is 2.30. The summed E-state index contributed by atoms with van der Waals surface area (Å²) in [6, 6.07) is 34.9. The third kappa shape index (κ3) is 2.54. The van der Waals surface area contributed by atoms with Crippen LogP contribution in [0.3, 0.4) is 0 Å². The summed E-state index contributed by atoms with van der Waals surface area (Å²) in [5.41, 5.74) is 10.9. The van der Waals surface area contributed by atoms with Crippen molar-refractivity contribution < 1.29 is 0 Å². The normalized spacial score (nSPS) is 11.4. The highest BCUT2D eigenvalue weighted by Gasteiger charge is 2.23. The van der Waals surface area contributed by atoms with E-state index in [1.54, 1.807) is 0 Å². The van der Waals surface area contributed by atoms with Crippen molar-refractivity contribution in [2.45, 2.75) is 6.42 Å². The number of hydrogen-bond acceptors (Lipinski definition) is 1. The summed E-state index contributed by atoms with van der Waals surface area (Å²) in [7, 11) is 0. The average Bonchev–Trinajstić information content (AvgIpc) is 3.07. The fourth-order valence-corrected chi connectivity index (χ4v) is 4.00. The monoisotopic (exact) mass is 335 g/mol. The second kappa shape index (κ2) is 6.62. The molecule has 0 unspecified atom stereocenters. The lowest BCUT2D eigenvalue weighted by molar-refractivity contribution is 1.26. The lowest BCUT2D eigenvalue weighted by atomic mass is 9.88. The van der Waals surface area contributed by atoms with E-state index in [4.69, 9.17) is 0 Å². The van der Waals surface area contributed by atoms with Crippen LogP contribution < -0.4 is 6.15 Å². The van der Waals surface area contributed by atoms with Gasteiger partial charge in [-0.3, -0.25) is 0 Å². The Morgan fingerprint density at radius 2 is 1.04 bits per heavy atom. The summed E-state index contributed by atoms with van der Waals surface area (Å²) >= 11 is 0. The molecular formula is C25H21N. The van der Waals surface area contributed by atoms with Gasteiger partial charge in [0.15, 0.2) is 0 Å². The van der Waals surface area contributed by atoms with Crippen LogP contribution >= 0.6 is 0 Å². The summed E-state index contributed by atoms with van der Waals surface area (Å²) in [6.45, 7) is 0. The lowest BCUT2D eigenvalue weighted by Crippen LogP contribution is -1.92. The molecule has 4 aromatic carbocycles. The van der Waals surface area contributed by atoms with Crippen molar-refractivity contribution in [3.63, 3.8) is 0 Å². The zero-order valence-corrected chi connectivity index (χ0v) is 14.7. The molecule has 126 valence electrons. The van der Waals surface area contributed by atoms with Gasteiger partial charge in [0.2, 0.25) is 0 Å². The van der Waals surface area contributed by atoms with Gasteiger partial charge in [-0.2, -0.15) is 0 Å². The smallest absolute Gasteiger partial charge is 0.000706 e. The first kappa shape index (κ1) is 16.3. The SMILES string of the molecule is N.c1ccc(-c2ccc3c(c2-c2ccccc2)Cc2ccccc2-3)cc1. The minimum atomic E-state index is 0. The number of fused-ring (bicyclic) bond motifs is 3. The van der Waals surface area contributed by atoms with Crippen molar-refractivity contribution in [3.8, 4) is 33.4 Å². The van der Waals surface area contributed by atoms with Crippen LogP contribution in [0, 0.1) is 0 Å². The fraction of sp³-hybridized carbons (Fsp3) is 0.0400. The first-order chi connectivity index (χ1) is 12.4. The van der Waals surface area contributed by atoms with E-state index in [0.717, 1.165) is 6.42 Å². The molecule has 0 fully saturated rings. The number of rotatable bonds is 2. The molecule has 4 aromatic rings. The molecule has 0 aliphatic heterocycles. The van der Waals surface area contributed by atoms with Crippen LogP contribution in [-0.2, 0) is 6.42 Å². The summed E-state index contributed by atoms with van der Waals surface area (Å²) in [6.07, 6.45) is 1.01. The van der Waals surface area contributed by atoms with Crippen molar-refractivity contribution in [1.29, 1.82) is 0 Å². The first-order valence-corrected chi connectivity index (χ1v) is 8.77. The van der Waals surface area contributed by atoms with E-state index >= 15 is 0 Å². The highest BCUT2D eigenvalue weighted by molar-refractivity contribution is 5.93. The van der Waals surface area contributed by atoms with Crippen molar-refractivity contribution in [2.75, 3.05) is 0 Å². The molecule has 0 heterocycles. The van der Waals surface area contributed by atoms with E-state index in [0.29, 0.717) is 0 Å². The predicted molar refractivity (Wildman–Crippen MR) is 111 cm³/mol. The molecule has 1 aliphatic carbocycles. The van der Waals surface area contributed by atoms with Crippen LogP contribution in [0.5, 0.6) is 0 Å². The van der Waals surface area contributed by atoms with Gasteiger partial charge in [0.25, 0.3) is 0 Å². The topological polar surface area (TPSA) is 35.0 Å². The van der Waals surface area contributed by atoms with Gasteiger partial charge in [-0.1, -0.05) is 97.1 Å². The first-order valence-electron chi connectivity index (χ1n) is 8.77. The molecule has 5 rings (SSSR count). The van der Waals surface area contributed by atoms with Gasteiger partial charge in [0.1, 0.15) is 0 Å². The van der Waals surface area contributed by atoms with Gasteiger partial charge in [-0.25, -0.2) is 0 Å². The lowest BCUT2D eigenvalue weighted by Gasteiger charge is -2.16. The van der Waals surface area contributed by atoms with Crippen LogP contribution in [0.4, 0.5) is 0 Å². The van der Waals surface area contributed by atoms with Gasteiger partial charge in [0, 0.05) is 0 Å². The van der Waals surface area contributed by atoms with Crippen LogP contribution in [0.1, 0.15) is 11.1 Å². The minimum Gasteiger partial charge on any atom is -0.344 e. The molecule has 0 atom stereocenters. The third-order valence-corrected chi connectivity index (χ3v) is 5.13. The Bertz CT molecular complexity index is 1050. The van der Waals surface area contributed by atoms with Crippen LogP contribution in [-0.4, -0.2) is 0 Å². The molecule has 0 saturated carbocycles. The van der Waals surface area contributed by atoms with E-state index in [1.807, 2.05) is 0 Å². The Hall–Kier alpha value is -3.16. The average molecular weight is 335 g/mol. The molecule has 1 aliphatic rings. The van der Waals surface area contributed by atoms with E-state index in [1.165, 1.54) is 44.5 Å². The van der Waals surface area contributed by atoms with E-state index < -0.39 is 0 Å². The summed E-state index contributed by atoms with van der Waals surface area (Å²) in [4.78, 5) is 0. The molecule has 0 saturated heterocycles. The van der Waals surface area contributed by atoms with E-state index in [9.17, 15) is 0 Å². The maximum atomic E-state index is 2.30. The minimum absolute atomic E-state index is 0. The Morgan fingerprint density at radius 3 is 1.77 bits per heavy atom. The molecule has 0 spiro atoms. The van der Waals surface area contributed by atoms with Crippen LogP contribution in [0.15, 0.2) is 97.1 Å². The van der Waals surface area contributed by atoms with E-state index in [2.05, 4.69) is 97.1 Å². The third-order valence-electron chi connectivity index (χ3n) is 5.13. The molecular weight excluding hydrogens is 314 g/mol. The van der Waals surface area contributed by atoms with Crippen LogP contribution in [0.25, 0.3) is 33.4 Å². The molecule has 0 aromatic heterocycles. The van der Waals surface area contributed by atoms with Crippen LogP contribution in [0.2, 0.25) is 0 Å². The van der Waals surface area contributed by atoms with Crippen molar-refractivity contribution in [3.05, 3.63) is 108 Å². The molecule has 1 nitrogen and oxygen atoms in total.